The van der Waals surface area contributed by atoms with Crippen LogP contribution in [-0.2, 0) is 0 Å². The van der Waals surface area contributed by atoms with E-state index < -0.39 is 0 Å². The van der Waals surface area contributed by atoms with Crippen molar-refractivity contribution in [2.75, 3.05) is 19.6 Å². The Morgan fingerprint density at radius 3 is 2.06 bits per heavy atom. The maximum absolute atomic E-state index is 2.67. The molecule has 0 aromatic rings. The van der Waals surface area contributed by atoms with E-state index in [0.29, 0.717) is 5.41 Å². The lowest BCUT2D eigenvalue weighted by atomic mass is 9.61. The lowest BCUT2D eigenvalue weighted by molar-refractivity contribution is -0.0540. The molecule has 1 aliphatic heterocycles. The summed E-state index contributed by atoms with van der Waals surface area (Å²) in [6.45, 7) is 16.0. The molecule has 0 N–H and O–H groups in total. The van der Waals surface area contributed by atoms with E-state index in [9.17, 15) is 0 Å². The maximum atomic E-state index is 2.67. The first kappa shape index (κ1) is 13.4. The minimum Gasteiger partial charge on any atom is -0.302 e. The predicted octanol–water partition coefficient (Wildman–Crippen LogP) is 4.18. The van der Waals surface area contributed by atoms with Crippen molar-refractivity contribution < 1.29 is 0 Å². The summed E-state index contributed by atoms with van der Waals surface area (Å²) in [6, 6.07) is 0. The van der Waals surface area contributed by atoms with Gasteiger partial charge in [0.05, 0.1) is 0 Å². The second kappa shape index (κ2) is 4.57. The highest BCUT2D eigenvalue weighted by Crippen LogP contribution is 2.49. The molecule has 0 amide bonds. The van der Waals surface area contributed by atoms with Crippen molar-refractivity contribution >= 4 is 0 Å². The second-order valence-corrected chi connectivity index (χ2v) is 8.20. The van der Waals surface area contributed by atoms with Gasteiger partial charge in [0.15, 0.2) is 0 Å². The first-order chi connectivity index (χ1) is 7.81. The Balaban J connectivity index is 1.78. The molecule has 1 nitrogen and oxygen atoms in total. The van der Waals surface area contributed by atoms with Crippen LogP contribution in [0.15, 0.2) is 0 Å². The standard InChI is InChI=1S/C16H31N/c1-13(2)10-17-11-16(12-17)8-6-14(7-9-16)15(3,4)5/h13-14H,6-12H2,1-5H3. The fourth-order valence-electron chi connectivity index (χ4n) is 3.96. The van der Waals surface area contributed by atoms with Crippen molar-refractivity contribution in [3.63, 3.8) is 0 Å². The minimum atomic E-state index is 0.531. The number of nitrogens with zero attached hydrogens (tertiary/aromatic N) is 1. The van der Waals surface area contributed by atoms with E-state index in [1.165, 1.54) is 45.3 Å². The van der Waals surface area contributed by atoms with E-state index in [1.54, 1.807) is 0 Å². The molecule has 2 fully saturated rings. The first-order valence-corrected chi connectivity index (χ1v) is 7.53. The third kappa shape index (κ3) is 3.05. The lowest BCUT2D eigenvalue weighted by Crippen LogP contribution is -2.58. The Kier molecular flexibility index (Phi) is 3.60. The maximum Gasteiger partial charge on any atom is 0.00506 e. The van der Waals surface area contributed by atoms with Crippen LogP contribution < -0.4 is 0 Å². The zero-order valence-corrected chi connectivity index (χ0v) is 12.6. The van der Waals surface area contributed by atoms with Crippen molar-refractivity contribution in [2.45, 2.75) is 60.3 Å². The summed E-state index contributed by atoms with van der Waals surface area (Å²) in [5.74, 6) is 1.80. The largest absolute Gasteiger partial charge is 0.302 e. The van der Waals surface area contributed by atoms with Gasteiger partial charge in [0.2, 0.25) is 0 Å². The van der Waals surface area contributed by atoms with Gasteiger partial charge in [0.1, 0.15) is 0 Å². The minimum absolute atomic E-state index is 0.531. The molecular weight excluding hydrogens is 206 g/mol. The van der Waals surface area contributed by atoms with Gasteiger partial charge in [-0.3, -0.25) is 0 Å². The Hall–Kier alpha value is -0.0400. The molecule has 2 rings (SSSR count). The average Bonchev–Trinajstić information content (AvgIpc) is 2.13. The molecule has 17 heavy (non-hydrogen) atoms. The molecule has 100 valence electrons. The summed E-state index contributed by atoms with van der Waals surface area (Å²) in [5, 5.41) is 0. The van der Waals surface area contributed by atoms with Gasteiger partial charge < -0.3 is 4.90 Å². The third-order valence-electron chi connectivity index (χ3n) is 5.01. The van der Waals surface area contributed by atoms with Gasteiger partial charge in [-0.25, -0.2) is 0 Å². The van der Waals surface area contributed by atoms with Crippen LogP contribution in [0.1, 0.15) is 60.3 Å². The van der Waals surface area contributed by atoms with E-state index in [-0.39, 0.29) is 0 Å². The third-order valence-corrected chi connectivity index (χ3v) is 5.01. The molecular formula is C16H31N. The lowest BCUT2D eigenvalue weighted by Gasteiger charge is -2.55. The van der Waals surface area contributed by atoms with Crippen LogP contribution in [0.4, 0.5) is 0 Å². The Labute approximate surface area is 108 Å². The van der Waals surface area contributed by atoms with Crippen LogP contribution in [0.2, 0.25) is 0 Å². The molecule has 1 aliphatic carbocycles. The summed E-state index contributed by atoms with van der Waals surface area (Å²) in [5.41, 5.74) is 1.26. The van der Waals surface area contributed by atoms with Crippen molar-refractivity contribution in [2.24, 2.45) is 22.7 Å². The van der Waals surface area contributed by atoms with Gasteiger partial charge in [-0.2, -0.15) is 0 Å². The molecule has 2 aliphatic rings. The average molecular weight is 237 g/mol. The molecule has 1 saturated heterocycles. The van der Waals surface area contributed by atoms with Gasteiger partial charge in [-0.15, -0.1) is 0 Å². The quantitative estimate of drug-likeness (QED) is 0.696. The molecule has 1 heteroatoms. The molecule has 1 spiro atoms. The van der Waals surface area contributed by atoms with Gasteiger partial charge in [-0.05, 0) is 48.3 Å². The molecule has 0 aromatic heterocycles. The summed E-state index contributed by atoms with van der Waals surface area (Å²) >= 11 is 0. The molecule has 1 saturated carbocycles. The van der Waals surface area contributed by atoms with E-state index >= 15 is 0 Å². The first-order valence-electron chi connectivity index (χ1n) is 7.53. The molecule has 1 heterocycles. The van der Waals surface area contributed by atoms with Gasteiger partial charge in [0, 0.05) is 19.6 Å². The summed E-state index contributed by atoms with van der Waals surface area (Å²) in [7, 11) is 0. The highest BCUT2D eigenvalue weighted by molar-refractivity contribution is 4.99. The van der Waals surface area contributed by atoms with Crippen molar-refractivity contribution in [1.29, 1.82) is 0 Å². The monoisotopic (exact) mass is 237 g/mol. The molecule has 0 unspecified atom stereocenters. The fraction of sp³-hybridized carbons (Fsp3) is 1.00. The van der Waals surface area contributed by atoms with E-state index in [4.69, 9.17) is 0 Å². The Morgan fingerprint density at radius 2 is 1.65 bits per heavy atom. The predicted molar refractivity (Wildman–Crippen MR) is 75.1 cm³/mol. The van der Waals surface area contributed by atoms with Crippen LogP contribution in [0, 0.1) is 22.7 Å². The summed E-state index contributed by atoms with van der Waals surface area (Å²) < 4.78 is 0. The molecule has 0 bridgehead atoms. The fourth-order valence-corrected chi connectivity index (χ4v) is 3.96. The van der Waals surface area contributed by atoms with E-state index in [0.717, 1.165) is 17.3 Å². The van der Waals surface area contributed by atoms with Gasteiger partial charge >= 0.3 is 0 Å². The van der Waals surface area contributed by atoms with E-state index in [1.807, 2.05) is 0 Å². The summed E-state index contributed by atoms with van der Waals surface area (Å²) in [4.78, 5) is 2.67. The zero-order chi connectivity index (χ0) is 12.7. The van der Waals surface area contributed by atoms with Crippen LogP contribution in [0.25, 0.3) is 0 Å². The van der Waals surface area contributed by atoms with Crippen LogP contribution in [0.3, 0.4) is 0 Å². The van der Waals surface area contributed by atoms with Crippen LogP contribution >= 0.6 is 0 Å². The Bertz CT molecular complexity index is 245. The highest BCUT2D eigenvalue weighted by atomic mass is 15.2. The molecule has 0 aromatic carbocycles. The number of hydrogen-bond acceptors (Lipinski definition) is 1. The highest BCUT2D eigenvalue weighted by Gasteiger charge is 2.46. The van der Waals surface area contributed by atoms with Crippen molar-refractivity contribution in [1.82, 2.24) is 4.90 Å². The number of likely N-dealkylation sites (tertiary alicyclic amines) is 1. The van der Waals surface area contributed by atoms with Gasteiger partial charge in [-0.1, -0.05) is 34.6 Å². The van der Waals surface area contributed by atoms with Gasteiger partial charge in [0.25, 0.3) is 0 Å². The van der Waals surface area contributed by atoms with Crippen LogP contribution in [-0.4, -0.2) is 24.5 Å². The molecule has 0 atom stereocenters. The van der Waals surface area contributed by atoms with Crippen molar-refractivity contribution in [3.8, 4) is 0 Å². The zero-order valence-electron chi connectivity index (χ0n) is 12.6. The smallest absolute Gasteiger partial charge is 0.00506 e. The van der Waals surface area contributed by atoms with Crippen LogP contribution in [0.5, 0.6) is 0 Å². The van der Waals surface area contributed by atoms with E-state index in [2.05, 4.69) is 39.5 Å². The second-order valence-electron chi connectivity index (χ2n) is 8.20. The normalized spacial score (nSPS) is 26.5. The number of rotatable bonds is 2. The summed E-state index contributed by atoms with van der Waals surface area (Å²) in [6.07, 6.45) is 5.92. The SMILES string of the molecule is CC(C)CN1CC2(CCC(C(C)(C)C)CC2)C1. The number of hydrogen-bond donors (Lipinski definition) is 0. The molecule has 0 radical (unpaired) electrons. The Morgan fingerprint density at radius 1 is 1.12 bits per heavy atom. The van der Waals surface area contributed by atoms with Crippen molar-refractivity contribution in [3.05, 3.63) is 0 Å². The topological polar surface area (TPSA) is 3.24 Å².